The average Bonchev–Trinajstić information content (AvgIpc) is 2.44. The van der Waals surface area contributed by atoms with E-state index in [4.69, 9.17) is 10.2 Å². The fourth-order valence-electron chi connectivity index (χ4n) is 1.25. The number of hydrogen-bond acceptors (Lipinski definition) is 7. The van der Waals surface area contributed by atoms with Gasteiger partial charge < -0.3 is 15.3 Å². The summed E-state index contributed by atoms with van der Waals surface area (Å²) in [7, 11) is 0. The first-order valence-corrected chi connectivity index (χ1v) is 10.4. The fourth-order valence-corrected chi connectivity index (χ4v) is 5.47. The molecule has 3 N–H and O–H groups in total. The van der Waals surface area contributed by atoms with Crippen LogP contribution < -0.4 is 0 Å². The molecule has 0 aliphatic heterocycles. The lowest BCUT2D eigenvalue weighted by molar-refractivity contribution is 0.294. The highest BCUT2D eigenvalue weighted by Crippen LogP contribution is 2.23. The first kappa shape index (κ1) is 20.3. The maximum absolute atomic E-state index is 9.31. The van der Waals surface area contributed by atoms with Crippen LogP contribution in [0, 0.1) is 0 Å². The Kier molecular flexibility index (Phi) is 16.7. The summed E-state index contributed by atoms with van der Waals surface area (Å²) in [6.45, 7) is 0.679. The van der Waals surface area contributed by atoms with Crippen molar-refractivity contribution in [3.05, 3.63) is 0 Å². The molecule has 19 heavy (non-hydrogen) atoms. The van der Waals surface area contributed by atoms with Crippen LogP contribution in [0.4, 0.5) is 0 Å². The first-order valence-electron chi connectivity index (χ1n) is 6.52. The molecule has 2 unspecified atom stereocenters. The van der Waals surface area contributed by atoms with Crippen molar-refractivity contribution in [2.45, 2.75) is 23.3 Å². The molecular formula is C12H26O3S4. The van der Waals surface area contributed by atoms with E-state index in [1.807, 2.05) is 23.5 Å². The van der Waals surface area contributed by atoms with Gasteiger partial charge in [0.15, 0.2) is 0 Å². The van der Waals surface area contributed by atoms with Crippen molar-refractivity contribution < 1.29 is 15.3 Å². The van der Waals surface area contributed by atoms with Crippen LogP contribution in [-0.2, 0) is 0 Å². The molecular weight excluding hydrogens is 320 g/mol. The molecule has 0 aromatic rings. The van der Waals surface area contributed by atoms with Gasteiger partial charge in [0.2, 0.25) is 0 Å². The minimum absolute atomic E-state index is 0.194. The third-order valence-corrected chi connectivity index (χ3v) is 7.37. The number of aliphatic hydroxyl groups excluding tert-OH is 3. The molecule has 0 aliphatic rings. The number of hydrogen-bond donors (Lipinski definition) is 4. The topological polar surface area (TPSA) is 60.7 Å². The van der Waals surface area contributed by atoms with Crippen LogP contribution in [0.2, 0.25) is 0 Å². The molecule has 0 aliphatic carbocycles. The standard InChI is InChI=1S/C12H26O3S4/c13-3-1-5-17-9-12(8-16)19-10-11(7-15)18-6-2-4-14/h11-16H,1-10H2. The largest absolute Gasteiger partial charge is 0.396 e. The van der Waals surface area contributed by atoms with Crippen molar-refractivity contribution in [3.8, 4) is 0 Å². The highest BCUT2D eigenvalue weighted by molar-refractivity contribution is 8.05. The number of rotatable bonds is 14. The number of thioether (sulfide) groups is 3. The zero-order chi connectivity index (χ0) is 14.3. The van der Waals surface area contributed by atoms with Gasteiger partial charge in [0.1, 0.15) is 0 Å². The van der Waals surface area contributed by atoms with Crippen LogP contribution >= 0.6 is 47.9 Å². The van der Waals surface area contributed by atoms with Crippen molar-refractivity contribution in [1.82, 2.24) is 0 Å². The van der Waals surface area contributed by atoms with Gasteiger partial charge in [-0.3, -0.25) is 0 Å². The molecule has 0 rings (SSSR count). The molecule has 0 heterocycles. The lowest BCUT2D eigenvalue weighted by Gasteiger charge is -2.18. The molecule has 0 saturated carbocycles. The van der Waals surface area contributed by atoms with E-state index >= 15 is 0 Å². The molecule has 0 saturated heterocycles. The highest BCUT2D eigenvalue weighted by atomic mass is 32.2. The van der Waals surface area contributed by atoms with E-state index in [2.05, 4.69) is 12.6 Å². The quantitative estimate of drug-likeness (QED) is 0.283. The van der Waals surface area contributed by atoms with Gasteiger partial charge in [0, 0.05) is 41.0 Å². The molecule has 7 heteroatoms. The van der Waals surface area contributed by atoms with Crippen LogP contribution in [0.3, 0.4) is 0 Å². The molecule has 0 aromatic heterocycles. The average molecular weight is 347 g/mol. The van der Waals surface area contributed by atoms with Crippen molar-refractivity contribution in [2.24, 2.45) is 0 Å². The van der Waals surface area contributed by atoms with Crippen LogP contribution in [0.25, 0.3) is 0 Å². The monoisotopic (exact) mass is 346 g/mol. The van der Waals surface area contributed by atoms with Crippen molar-refractivity contribution in [2.75, 3.05) is 48.6 Å². The van der Waals surface area contributed by atoms with Crippen LogP contribution in [-0.4, -0.2) is 74.4 Å². The maximum atomic E-state index is 9.31. The first-order chi connectivity index (χ1) is 9.28. The molecule has 0 radical (unpaired) electrons. The third kappa shape index (κ3) is 12.7. The second-order valence-corrected chi connectivity index (χ2v) is 8.30. The minimum atomic E-state index is 0.194. The molecule has 0 spiro atoms. The Morgan fingerprint density at radius 1 is 0.842 bits per heavy atom. The lowest BCUT2D eigenvalue weighted by Crippen LogP contribution is -2.18. The van der Waals surface area contributed by atoms with Gasteiger partial charge >= 0.3 is 0 Å². The van der Waals surface area contributed by atoms with E-state index in [1.54, 1.807) is 11.8 Å². The maximum Gasteiger partial charge on any atom is 0.0558 e. The summed E-state index contributed by atoms with van der Waals surface area (Å²) in [5.41, 5.74) is 0. The smallest absolute Gasteiger partial charge is 0.0558 e. The summed E-state index contributed by atoms with van der Waals surface area (Å²) in [6.07, 6.45) is 1.64. The van der Waals surface area contributed by atoms with Crippen LogP contribution in [0.1, 0.15) is 12.8 Å². The van der Waals surface area contributed by atoms with Gasteiger partial charge in [0.05, 0.1) is 6.61 Å². The third-order valence-electron chi connectivity index (χ3n) is 2.33. The van der Waals surface area contributed by atoms with Crippen LogP contribution in [0.5, 0.6) is 0 Å². The summed E-state index contributed by atoms with van der Waals surface area (Å²) >= 11 is 9.83. The van der Waals surface area contributed by atoms with Crippen molar-refractivity contribution in [3.63, 3.8) is 0 Å². The predicted molar refractivity (Wildman–Crippen MR) is 94.2 cm³/mol. The summed E-state index contributed by atoms with van der Waals surface area (Å²) in [5.74, 6) is 4.72. The normalized spacial score (nSPS) is 14.5. The van der Waals surface area contributed by atoms with E-state index in [9.17, 15) is 5.11 Å². The SMILES string of the molecule is OCCCSCC(CS)SCC(CO)SCCCO. The van der Waals surface area contributed by atoms with E-state index in [-0.39, 0.29) is 25.1 Å². The van der Waals surface area contributed by atoms with E-state index in [0.717, 1.165) is 41.6 Å². The Bertz CT molecular complexity index is 186. The number of aliphatic hydroxyl groups is 3. The lowest BCUT2D eigenvalue weighted by atomic mass is 10.5. The molecule has 0 aromatic carbocycles. The summed E-state index contributed by atoms with van der Waals surface area (Å²) in [6, 6.07) is 0. The molecule has 0 amide bonds. The van der Waals surface area contributed by atoms with E-state index < -0.39 is 0 Å². The summed E-state index contributed by atoms with van der Waals surface area (Å²) in [5, 5.41) is 27.5. The summed E-state index contributed by atoms with van der Waals surface area (Å²) in [4.78, 5) is 0. The van der Waals surface area contributed by atoms with Gasteiger partial charge in [-0.1, -0.05) is 0 Å². The van der Waals surface area contributed by atoms with Crippen molar-refractivity contribution >= 4 is 47.9 Å². The molecule has 0 fully saturated rings. The zero-order valence-electron chi connectivity index (χ0n) is 11.2. The van der Waals surface area contributed by atoms with E-state index in [0.29, 0.717) is 5.25 Å². The second kappa shape index (κ2) is 15.7. The Hall–Kier alpha value is 1.28. The van der Waals surface area contributed by atoms with E-state index in [1.165, 1.54) is 0 Å². The van der Waals surface area contributed by atoms with Gasteiger partial charge in [-0.2, -0.15) is 47.9 Å². The fraction of sp³-hybridized carbons (Fsp3) is 1.00. The Morgan fingerprint density at radius 3 is 2.11 bits per heavy atom. The van der Waals surface area contributed by atoms with Crippen LogP contribution in [0.15, 0.2) is 0 Å². The predicted octanol–water partition coefficient (Wildman–Crippen LogP) is 1.61. The summed E-state index contributed by atoms with van der Waals surface area (Å²) < 4.78 is 0. The van der Waals surface area contributed by atoms with Crippen molar-refractivity contribution in [1.29, 1.82) is 0 Å². The Labute approximate surface area is 135 Å². The minimum Gasteiger partial charge on any atom is -0.396 e. The Morgan fingerprint density at radius 2 is 1.53 bits per heavy atom. The molecule has 116 valence electrons. The van der Waals surface area contributed by atoms with Gasteiger partial charge in [0.25, 0.3) is 0 Å². The highest BCUT2D eigenvalue weighted by Gasteiger charge is 2.13. The molecule has 2 atom stereocenters. The van der Waals surface area contributed by atoms with Gasteiger partial charge in [-0.25, -0.2) is 0 Å². The number of thiol groups is 1. The molecule has 3 nitrogen and oxygen atoms in total. The Balaban J connectivity index is 3.70. The zero-order valence-corrected chi connectivity index (χ0v) is 14.6. The second-order valence-electron chi connectivity index (χ2n) is 4.04. The van der Waals surface area contributed by atoms with Gasteiger partial charge in [-0.15, -0.1) is 0 Å². The molecule has 0 bridgehead atoms. The van der Waals surface area contributed by atoms with Gasteiger partial charge in [-0.05, 0) is 24.3 Å².